The Bertz CT molecular complexity index is 393. The van der Waals surface area contributed by atoms with Crippen molar-refractivity contribution in [3.8, 4) is 0 Å². The lowest BCUT2D eigenvalue weighted by molar-refractivity contribution is 0.399. The molecule has 126 valence electrons. The van der Waals surface area contributed by atoms with Crippen LogP contribution in [0, 0.1) is 0 Å². The molecule has 0 aliphatic carbocycles. The maximum Gasteiger partial charge on any atom is 0.191 e. The average Bonchev–Trinajstić information content (AvgIpc) is 2.48. The molecule has 0 bridgehead atoms. The Hall–Kier alpha value is -0.820. The van der Waals surface area contributed by atoms with E-state index in [0.717, 1.165) is 51.4 Å². The smallest absolute Gasteiger partial charge is 0.191 e. The molecule has 0 atom stereocenters. The topological polar surface area (TPSA) is 39.7 Å². The van der Waals surface area contributed by atoms with Crippen LogP contribution in [0.25, 0.3) is 0 Å². The van der Waals surface area contributed by atoms with Crippen molar-refractivity contribution in [2.45, 2.75) is 26.2 Å². The number of hydrogen-bond acceptors (Lipinski definition) is 2. The second-order valence-corrected chi connectivity index (χ2v) is 5.43. The van der Waals surface area contributed by atoms with Crippen LogP contribution >= 0.6 is 24.0 Å². The van der Waals surface area contributed by atoms with Crippen molar-refractivity contribution < 1.29 is 0 Å². The minimum atomic E-state index is 0. The molecule has 1 aromatic rings. The zero-order valence-electron chi connectivity index (χ0n) is 14.1. The second kappa shape index (κ2) is 13.8. The minimum absolute atomic E-state index is 0. The Balaban J connectivity index is 0.00000441. The summed E-state index contributed by atoms with van der Waals surface area (Å²) in [6.45, 7) is 5.92. The third kappa shape index (κ3) is 10.8. The minimum Gasteiger partial charge on any atom is -0.357 e. The van der Waals surface area contributed by atoms with Crippen LogP contribution in [0.4, 0.5) is 0 Å². The lowest BCUT2D eigenvalue weighted by atomic mass is 10.1. The third-order valence-corrected chi connectivity index (χ3v) is 3.16. The van der Waals surface area contributed by atoms with Crippen LogP contribution in [0.5, 0.6) is 0 Å². The summed E-state index contributed by atoms with van der Waals surface area (Å²) in [7, 11) is 4.20. The number of nitrogens with zero attached hydrogens (tertiary/aromatic N) is 2. The highest BCUT2D eigenvalue weighted by molar-refractivity contribution is 14.0. The van der Waals surface area contributed by atoms with Gasteiger partial charge in [-0.3, -0.25) is 4.99 Å². The van der Waals surface area contributed by atoms with Crippen molar-refractivity contribution in [1.29, 1.82) is 0 Å². The number of guanidine groups is 1. The van der Waals surface area contributed by atoms with E-state index >= 15 is 0 Å². The van der Waals surface area contributed by atoms with E-state index in [0.29, 0.717) is 0 Å². The Kier molecular flexibility index (Phi) is 13.3. The highest BCUT2D eigenvalue weighted by atomic mass is 127. The van der Waals surface area contributed by atoms with E-state index in [1.165, 1.54) is 5.56 Å². The van der Waals surface area contributed by atoms with Gasteiger partial charge in [0.15, 0.2) is 5.96 Å². The molecule has 0 aliphatic rings. The number of hydrogen-bond donors (Lipinski definition) is 2. The van der Waals surface area contributed by atoms with Gasteiger partial charge in [0.2, 0.25) is 0 Å². The molecule has 0 fully saturated rings. The Morgan fingerprint density at radius 3 is 2.45 bits per heavy atom. The summed E-state index contributed by atoms with van der Waals surface area (Å²) in [6, 6.07) is 10.6. The van der Waals surface area contributed by atoms with E-state index in [1.807, 2.05) is 0 Å². The monoisotopic (exact) mass is 418 g/mol. The first-order chi connectivity index (χ1) is 10.2. The Morgan fingerprint density at radius 1 is 1.09 bits per heavy atom. The molecule has 0 unspecified atom stereocenters. The molecular formula is C17H31IN4. The van der Waals surface area contributed by atoms with Crippen LogP contribution in [-0.4, -0.2) is 51.1 Å². The van der Waals surface area contributed by atoms with E-state index < -0.39 is 0 Å². The molecule has 4 nitrogen and oxygen atoms in total. The molecular weight excluding hydrogens is 387 g/mol. The lowest BCUT2D eigenvalue weighted by Gasteiger charge is -2.13. The van der Waals surface area contributed by atoms with Crippen LogP contribution in [0.3, 0.4) is 0 Å². The van der Waals surface area contributed by atoms with E-state index in [2.05, 4.69) is 71.9 Å². The molecule has 5 heteroatoms. The molecule has 0 aromatic heterocycles. The molecule has 1 rings (SSSR count). The van der Waals surface area contributed by atoms with Gasteiger partial charge in [-0.05, 0) is 52.4 Å². The fourth-order valence-electron chi connectivity index (χ4n) is 2.06. The van der Waals surface area contributed by atoms with Crippen LogP contribution in [0.15, 0.2) is 35.3 Å². The van der Waals surface area contributed by atoms with Crippen LogP contribution < -0.4 is 10.6 Å². The second-order valence-electron chi connectivity index (χ2n) is 5.43. The van der Waals surface area contributed by atoms with Crippen molar-refractivity contribution in [3.63, 3.8) is 0 Å². The summed E-state index contributed by atoms with van der Waals surface area (Å²) in [5.41, 5.74) is 1.39. The van der Waals surface area contributed by atoms with Crippen molar-refractivity contribution >= 4 is 29.9 Å². The maximum absolute atomic E-state index is 4.63. The van der Waals surface area contributed by atoms with Gasteiger partial charge in [0.25, 0.3) is 0 Å². The molecule has 0 saturated carbocycles. The number of nitrogens with one attached hydrogen (secondary N) is 2. The summed E-state index contributed by atoms with van der Waals surface area (Å²) in [4.78, 5) is 6.83. The normalized spacial score (nSPS) is 11.2. The van der Waals surface area contributed by atoms with Gasteiger partial charge in [0.05, 0.1) is 0 Å². The number of aliphatic imine (C=N–C) groups is 1. The molecule has 0 heterocycles. The number of benzene rings is 1. The largest absolute Gasteiger partial charge is 0.357 e. The first-order valence-corrected chi connectivity index (χ1v) is 7.93. The highest BCUT2D eigenvalue weighted by Crippen LogP contribution is 2.02. The van der Waals surface area contributed by atoms with Crippen molar-refractivity contribution in [2.75, 3.05) is 40.3 Å². The maximum atomic E-state index is 4.63. The van der Waals surface area contributed by atoms with Crippen molar-refractivity contribution in [3.05, 3.63) is 35.9 Å². The standard InChI is InChI=1S/C17H30N4.HI/c1-4-18-17(20-14-9-15-21(2)3)19-13-8-12-16-10-6-5-7-11-16;/h5-7,10-11H,4,8-9,12-15H2,1-3H3,(H2,18,19,20);1H. The lowest BCUT2D eigenvalue weighted by Crippen LogP contribution is -2.38. The van der Waals surface area contributed by atoms with Crippen LogP contribution in [-0.2, 0) is 6.42 Å². The predicted octanol–water partition coefficient (Wildman–Crippen LogP) is 2.74. The summed E-state index contributed by atoms with van der Waals surface area (Å²) in [6.07, 6.45) is 3.30. The summed E-state index contributed by atoms with van der Waals surface area (Å²) < 4.78 is 0. The summed E-state index contributed by atoms with van der Waals surface area (Å²) >= 11 is 0. The molecule has 2 N–H and O–H groups in total. The molecule has 1 aromatic carbocycles. The van der Waals surface area contributed by atoms with Crippen LogP contribution in [0.1, 0.15) is 25.3 Å². The van der Waals surface area contributed by atoms with E-state index in [1.54, 1.807) is 0 Å². The third-order valence-electron chi connectivity index (χ3n) is 3.16. The van der Waals surface area contributed by atoms with Crippen molar-refractivity contribution in [2.24, 2.45) is 4.99 Å². The van der Waals surface area contributed by atoms with Gasteiger partial charge in [-0.1, -0.05) is 30.3 Å². The molecule has 0 radical (unpaired) electrons. The summed E-state index contributed by atoms with van der Waals surface area (Å²) in [5.74, 6) is 0.935. The zero-order valence-corrected chi connectivity index (χ0v) is 16.5. The number of rotatable bonds is 9. The highest BCUT2D eigenvalue weighted by Gasteiger charge is 1.97. The number of halogens is 1. The van der Waals surface area contributed by atoms with Crippen LogP contribution in [0.2, 0.25) is 0 Å². The first kappa shape index (κ1) is 21.2. The molecule has 0 aliphatic heterocycles. The molecule has 22 heavy (non-hydrogen) atoms. The Labute approximate surface area is 152 Å². The number of aryl methyl sites for hydroxylation is 1. The fourth-order valence-corrected chi connectivity index (χ4v) is 2.06. The molecule has 0 amide bonds. The van der Waals surface area contributed by atoms with Gasteiger partial charge < -0.3 is 15.5 Å². The predicted molar refractivity (Wildman–Crippen MR) is 107 cm³/mol. The Morgan fingerprint density at radius 2 is 1.82 bits per heavy atom. The van der Waals surface area contributed by atoms with Gasteiger partial charge in [-0.2, -0.15) is 0 Å². The van der Waals surface area contributed by atoms with E-state index in [-0.39, 0.29) is 24.0 Å². The first-order valence-electron chi connectivity index (χ1n) is 7.93. The van der Waals surface area contributed by atoms with Gasteiger partial charge in [-0.15, -0.1) is 24.0 Å². The SMILES string of the molecule is CCNC(=NCCCc1ccccc1)NCCCN(C)C.I. The van der Waals surface area contributed by atoms with Gasteiger partial charge in [0, 0.05) is 19.6 Å². The van der Waals surface area contributed by atoms with Gasteiger partial charge >= 0.3 is 0 Å². The molecule has 0 saturated heterocycles. The van der Waals surface area contributed by atoms with E-state index in [9.17, 15) is 0 Å². The quantitative estimate of drug-likeness (QED) is 0.281. The fraction of sp³-hybridized carbons (Fsp3) is 0.588. The average molecular weight is 418 g/mol. The van der Waals surface area contributed by atoms with E-state index in [4.69, 9.17) is 0 Å². The van der Waals surface area contributed by atoms with Gasteiger partial charge in [0.1, 0.15) is 0 Å². The van der Waals surface area contributed by atoms with Crippen molar-refractivity contribution in [1.82, 2.24) is 15.5 Å². The zero-order chi connectivity index (χ0) is 15.3. The molecule has 0 spiro atoms. The summed E-state index contributed by atoms with van der Waals surface area (Å²) in [5, 5.41) is 6.68. The van der Waals surface area contributed by atoms with Gasteiger partial charge in [-0.25, -0.2) is 0 Å².